The van der Waals surface area contributed by atoms with E-state index in [-0.39, 0.29) is 6.61 Å². The highest BCUT2D eigenvalue weighted by molar-refractivity contribution is 5.85. The monoisotopic (exact) mass is 234 g/mol. The van der Waals surface area contributed by atoms with E-state index in [1.807, 2.05) is 24.3 Å². The van der Waals surface area contributed by atoms with Crippen LogP contribution in [0.15, 0.2) is 35.9 Å². The summed E-state index contributed by atoms with van der Waals surface area (Å²) >= 11 is 0. The minimum absolute atomic E-state index is 0.280. The minimum Gasteiger partial charge on any atom is -0.489 e. The average Bonchev–Trinajstić information content (AvgIpc) is 2.29. The van der Waals surface area contributed by atoms with Gasteiger partial charge in [0.25, 0.3) is 0 Å². The second-order valence-electron chi connectivity index (χ2n) is 4.20. The van der Waals surface area contributed by atoms with E-state index in [1.54, 1.807) is 13.0 Å². The van der Waals surface area contributed by atoms with Gasteiger partial charge in [0, 0.05) is 5.57 Å². The van der Waals surface area contributed by atoms with Crippen molar-refractivity contribution < 1.29 is 14.6 Å². The van der Waals surface area contributed by atoms with Crippen LogP contribution in [0, 0.1) is 0 Å². The van der Waals surface area contributed by atoms with Gasteiger partial charge in [0.15, 0.2) is 0 Å². The lowest BCUT2D eigenvalue weighted by Gasteiger charge is -2.12. The fourth-order valence-electron chi connectivity index (χ4n) is 1.43. The number of rotatable bonds is 5. The molecule has 0 bridgehead atoms. The molecule has 0 amide bonds. The van der Waals surface area contributed by atoms with Crippen LogP contribution in [0.4, 0.5) is 0 Å². The Morgan fingerprint density at radius 2 is 2.06 bits per heavy atom. The van der Waals surface area contributed by atoms with Crippen molar-refractivity contribution in [1.29, 1.82) is 0 Å². The molecular weight excluding hydrogens is 216 g/mol. The summed E-state index contributed by atoms with van der Waals surface area (Å²) in [5, 5.41) is 8.70. The molecule has 0 aliphatic carbocycles. The van der Waals surface area contributed by atoms with Gasteiger partial charge in [-0.2, -0.15) is 0 Å². The normalized spacial score (nSPS) is 11.6. The highest BCUT2D eigenvalue weighted by atomic mass is 16.5. The second kappa shape index (κ2) is 6.09. The third kappa shape index (κ3) is 3.94. The van der Waals surface area contributed by atoms with Crippen molar-refractivity contribution in [3.05, 3.63) is 41.5 Å². The summed E-state index contributed by atoms with van der Waals surface area (Å²) in [7, 11) is 0. The molecule has 0 aromatic heterocycles. The van der Waals surface area contributed by atoms with Crippen LogP contribution in [0.1, 0.15) is 32.3 Å². The lowest BCUT2D eigenvalue weighted by molar-refractivity contribution is -0.132. The Morgan fingerprint density at radius 3 is 2.65 bits per heavy atom. The molecule has 0 atom stereocenters. The lowest BCUT2D eigenvalue weighted by Crippen LogP contribution is -2.02. The second-order valence-corrected chi connectivity index (χ2v) is 4.20. The highest BCUT2D eigenvalue weighted by Gasteiger charge is 2.06. The zero-order valence-corrected chi connectivity index (χ0v) is 10.4. The predicted molar refractivity (Wildman–Crippen MR) is 67.4 cm³/mol. The maximum atomic E-state index is 10.6. The van der Waals surface area contributed by atoms with Crippen molar-refractivity contribution in [3.8, 4) is 5.75 Å². The SMILES string of the molecule is CC(=CCOc1ccccc1C(C)C)C(=O)O. The fourth-order valence-corrected chi connectivity index (χ4v) is 1.43. The van der Waals surface area contributed by atoms with Crippen molar-refractivity contribution in [2.75, 3.05) is 6.61 Å². The Morgan fingerprint density at radius 1 is 1.41 bits per heavy atom. The minimum atomic E-state index is -0.911. The first kappa shape index (κ1) is 13.3. The van der Waals surface area contributed by atoms with E-state index in [1.165, 1.54) is 0 Å². The molecule has 3 heteroatoms. The zero-order valence-electron chi connectivity index (χ0n) is 10.4. The van der Waals surface area contributed by atoms with Crippen LogP contribution in [0.3, 0.4) is 0 Å². The molecule has 0 aliphatic rings. The molecule has 0 spiro atoms. The van der Waals surface area contributed by atoms with Crippen molar-refractivity contribution in [3.63, 3.8) is 0 Å². The summed E-state index contributed by atoms with van der Waals surface area (Å²) in [6, 6.07) is 7.81. The number of carbonyl (C=O) groups is 1. The quantitative estimate of drug-likeness (QED) is 0.796. The Bertz CT molecular complexity index is 419. The number of benzene rings is 1. The van der Waals surface area contributed by atoms with E-state index in [2.05, 4.69) is 13.8 Å². The van der Waals surface area contributed by atoms with Gasteiger partial charge in [0.1, 0.15) is 12.4 Å². The van der Waals surface area contributed by atoms with Crippen LogP contribution < -0.4 is 4.74 Å². The Balaban J connectivity index is 2.70. The molecule has 1 N–H and O–H groups in total. The molecule has 17 heavy (non-hydrogen) atoms. The van der Waals surface area contributed by atoms with Gasteiger partial charge in [0.2, 0.25) is 0 Å². The van der Waals surface area contributed by atoms with Gasteiger partial charge >= 0.3 is 5.97 Å². The Kier molecular flexibility index (Phi) is 4.76. The first-order valence-corrected chi connectivity index (χ1v) is 5.64. The molecule has 1 aromatic rings. The van der Waals surface area contributed by atoms with Gasteiger partial charge in [-0.3, -0.25) is 0 Å². The van der Waals surface area contributed by atoms with E-state index in [4.69, 9.17) is 9.84 Å². The van der Waals surface area contributed by atoms with Gasteiger partial charge in [-0.15, -0.1) is 0 Å². The van der Waals surface area contributed by atoms with Gasteiger partial charge in [0.05, 0.1) is 0 Å². The van der Waals surface area contributed by atoms with Crippen LogP contribution in [0.2, 0.25) is 0 Å². The highest BCUT2D eigenvalue weighted by Crippen LogP contribution is 2.25. The van der Waals surface area contributed by atoms with Crippen LogP contribution >= 0.6 is 0 Å². The number of carboxylic acids is 1. The van der Waals surface area contributed by atoms with Crippen molar-refractivity contribution in [1.82, 2.24) is 0 Å². The molecule has 3 nitrogen and oxygen atoms in total. The summed E-state index contributed by atoms with van der Waals surface area (Å²) in [5.41, 5.74) is 1.43. The Labute approximate surface area is 102 Å². The van der Waals surface area contributed by atoms with E-state index in [0.717, 1.165) is 11.3 Å². The summed E-state index contributed by atoms with van der Waals surface area (Å²) in [5.74, 6) is 0.290. The largest absolute Gasteiger partial charge is 0.489 e. The number of hydrogen-bond donors (Lipinski definition) is 1. The van der Waals surface area contributed by atoms with Gasteiger partial charge in [-0.1, -0.05) is 32.0 Å². The average molecular weight is 234 g/mol. The van der Waals surface area contributed by atoms with Crippen LogP contribution in [0.5, 0.6) is 5.75 Å². The van der Waals surface area contributed by atoms with E-state index < -0.39 is 5.97 Å². The zero-order chi connectivity index (χ0) is 12.8. The van der Waals surface area contributed by atoms with E-state index >= 15 is 0 Å². The van der Waals surface area contributed by atoms with Crippen LogP contribution in [0.25, 0.3) is 0 Å². The number of carboxylic acid groups (broad SMARTS) is 1. The molecule has 0 fully saturated rings. The Hall–Kier alpha value is -1.77. The molecule has 0 saturated heterocycles. The lowest BCUT2D eigenvalue weighted by atomic mass is 10.0. The maximum absolute atomic E-state index is 10.6. The molecule has 0 heterocycles. The predicted octanol–water partition coefficient (Wildman–Crippen LogP) is 3.22. The molecule has 92 valence electrons. The van der Waals surface area contributed by atoms with Gasteiger partial charge < -0.3 is 9.84 Å². The summed E-state index contributed by atoms with van der Waals surface area (Å²) in [6.07, 6.45) is 1.57. The van der Waals surface area contributed by atoms with Crippen molar-refractivity contribution >= 4 is 5.97 Å². The molecule has 0 radical (unpaired) electrons. The van der Waals surface area contributed by atoms with Crippen molar-refractivity contribution in [2.45, 2.75) is 26.7 Å². The molecule has 1 aromatic carbocycles. The van der Waals surface area contributed by atoms with Crippen LogP contribution in [-0.2, 0) is 4.79 Å². The molecule has 0 unspecified atom stereocenters. The standard InChI is InChI=1S/C14H18O3/c1-10(2)12-6-4-5-7-13(12)17-9-8-11(3)14(15)16/h4-8,10H,9H2,1-3H3,(H,15,16). The number of ether oxygens (including phenoxy) is 1. The van der Waals surface area contributed by atoms with E-state index in [9.17, 15) is 4.79 Å². The fraction of sp³-hybridized carbons (Fsp3) is 0.357. The molecule has 0 saturated carbocycles. The maximum Gasteiger partial charge on any atom is 0.331 e. The molecule has 0 aliphatic heterocycles. The first-order valence-electron chi connectivity index (χ1n) is 5.64. The number of hydrogen-bond acceptors (Lipinski definition) is 2. The number of para-hydroxylation sites is 1. The molecule has 1 rings (SSSR count). The smallest absolute Gasteiger partial charge is 0.331 e. The van der Waals surface area contributed by atoms with Gasteiger partial charge in [-0.05, 0) is 30.5 Å². The number of aliphatic carboxylic acids is 1. The summed E-state index contributed by atoms with van der Waals surface area (Å²) in [6.45, 7) is 6.03. The first-order chi connectivity index (χ1) is 8.02. The van der Waals surface area contributed by atoms with E-state index in [0.29, 0.717) is 11.5 Å². The third-order valence-electron chi connectivity index (χ3n) is 2.51. The molecular formula is C14H18O3. The van der Waals surface area contributed by atoms with Crippen molar-refractivity contribution in [2.24, 2.45) is 0 Å². The van der Waals surface area contributed by atoms with Gasteiger partial charge in [-0.25, -0.2) is 4.79 Å². The van der Waals surface area contributed by atoms with Crippen LogP contribution in [-0.4, -0.2) is 17.7 Å². The summed E-state index contributed by atoms with van der Waals surface area (Å²) < 4.78 is 5.58. The third-order valence-corrected chi connectivity index (χ3v) is 2.51. The topological polar surface area (TPSA) is 46.5 Å². The summed E-state index contributed by atoms with van der Waals surface area (Å²) in [4.78, 5) is 10.6.